The Morgan fingerprint density at radius 3 is 2.08 bits per heavy atom. The van der Waals surface area contributed by atoms with Crippen molar-refractivity contribution in [2.75, 3.05) is 6.61 Å². The summed E-state index contributed by atoms with van der Waals surface area (Å²) in [6.45, 7) is 5.13. The molecule has 0 saturated heterocycles. The van der Waals surface area contributed by atoms with Crippen molar-refractivity contribution < 1.29 is 9.13 Å². The molecule has 1 aromatic carbocycles. The van der Waals surface area contributed by atoms with E-state index in [4.69, 9.17) is 4.74 Å². The van der Waals surface area contributed by atoms with E-state index >= 15 is 0 Å². The van der Waals surface area contributed by atoms with E-state index in [1.807, 2.05) is 18.3 Å². The van der Waals surface area contributed by atoms with E-state index in [-0.39, 0.29) is 5.82 Å². The lowest BCUT2D eigenvalue weighted by Crippen LogP contribution is -2.13. The Morgan fingerprint density at radius 2 is 1.44 bits per heavy atom. The first kappa shape index (κ1) is 28.7. The van der Waals surface area contributed by atoms with Gasteiger partial charge in [0.15, 0.2) is 0 Å². The molecule has 200 valence electrons. The second-order valence-electron chi connectivity index (χ2n) is 11.0. The van der Waals surface area contributed by atoms with Gasteiger partial charge in [0.1, 0.15) is 11.6 Å². The predicted molar refractivity (Wildman–Crippen MR) is 151 cm³/mol. The molecule has 2 nitrogen and oxygen atoms in total. The molecule has 1 saturated carbocycles. The van der Waals surface area contributed by atoms with Gasteiger partial charge in [0.2, 0.25) is 0 Å². The molecule has 0 amide bonds. The van der Waals surface area contributed by atoms with E-state index < -0.39 is 0 Å². The summed E-state index contributed by atoms with van der Waals surface area (Å²) in [5.74, 6) is 1.86. The first-order chi connectivity index (χ1) is 17.7. The van der Waals surface area contributed by atoms with Crippen LogP contribution in [-0.2, 0) is 0 Å². The van der Waals surface area contributed by atoms with Gasteiger partial charge in [-0.25, -0.2) is 4.39 Å². The lowest BCUT2D eigenvalue weighted by atomic mass is 9.77. The molecular formula is C33H50FNO. The monoisotopic (exact) mass is 495 g/mol. The maximum absolute atomic E-state index is 14.8. The lowest BCUT2D eigenvalue weighted by Gasteiger charge is -2.28. The summed E-state index contributed by atoms with van der Waals surface area (Å²) in [5.41, 5.74) is 2.57. The highest BCUT2D eigenvalue weighted by Gasteiger charge is 2.22. The van der Waals surface area contributed by atoms with Crippen LogP contribution in [0.2, 0.25) is 0 Å². The van der Waals surface area contributed by atoms with Crippen LogP contribution in [0, 0.1) is 11.7 Å². The number of pyridine rings is 1. The summed E-state index contributed by atoms with van der Waals surface area (Å²) in [4.78, 5) is 4.65. The summed E-state index contributed by atoms with van der Waals surface area (Å²) in [5, 5.41) is 0. The summed E-state index contributed by atoms with van der Waals surface area (Å²) < 4.78 is 20.5. The van der Waals surface area contributed by atoms with Crippen LogP contribution in [0.3, 0.4) is 0 Å². The highest BCUT2D eigenvalue weighted by atomic mass is 19.1. The van der Waals surface area contributed by atoms with Crippen LogP contribution in [0.15, 0.2) is 36.5 Å². The Labute approximate surface area is 220 Å². The Kier molecular flexibility index (Phi) is 13.4. The zero-order chi connectivity index (χ0) is 25.4. The van der Waals surface area contributed by atoms with Gasteiger partial charge in [-0.2, -0.15) is 0 Å². The average molecular weight is 496 g/mol. The fourth-order valence-electron chi connectivity index (χ4n) is 5.67. The molecule has 36 heavy (non-hydrogen) atoms. The third kappa shape index (κ3) is 9.87. The number of aromatic nitrogens is 1. The molecular weight excluding hydrogens is 445 g/mol. The van der Waals surface area contributed by atoms with Crippen molar-refractivity contribution in [1.29, 1.82) is 0 Å². The number of nitrogens with zero attached hydrogens (tertiary/aromatic N) is 1. The van der Waals surface area contributed by atoms with E-state index in [9.17, 15) is 4.39 Å². The number of ether oxygens (including phenoxy) is 1. The Morgan fingerprint density at radius 1 is 0.778 bits per heavy atom. The first-order valence-electron chi connectivity index (χ1n) is 15.1. The average Bonchev–Trinajstić information content (AvgIpc) is 2.91. The van der Waals surface area contributed by atoms with E-state index in [0.29, 0.717) is 29.5 Å². The third-order valence-corrected chi connectivity index (χ3v) is 8.05. The summed E-state index contributed by atoms with van der Waals surface area (Å²) >= 11 is 0. The van der Waals surface area contributed by atoms with Gasteiger partial charge in [-0.3, -0.25) is 4.98 Å². The standard InChI is InChI=1S/C33H50FNO/c1-3-5-7-9-10-11-12-13-15-27-16-18-28(19-17-27)29-20-23-33(35-26-29)31-22-21-30(25-32(31)34)36-24-14-8-6-4-2/h20-23,25-28H,3-19,24H2,1-2H3/t27-,28-. The summed E-state index contributed by atoms with van der Waals surface area (Å²) in [6, 6.07) is 9.32. The molecule has 3 heteroatoms. The molecule has 0 spiro atoms. The molecule has 3 rings (SSSR count). The molecule has 1 aliphatic rings. The van der Waals surface area contributed by atoms with E-state index in [2.05, 4.69) is 24.9 Å². The van der Waals surface area contributed by atoms with Crippen LogP contribution in [0.1, 0.15) is 134 Å². The molecule has 0 unspecified atom stereocenters. The Bertz CT molecular complexity index is 841. The van der Waals surface area contributed by atoms with Crippen molar-refractivity contribution >= 4 is 0 Å². The van der Waals surface area contributed by atoms with Gasteiger partial charge in [0.05, 0.1) is 12.3 Å². The predicted octanol–water partition coefficient (Wildman–Crippen LogP) is 10.7. The molecule has 1 heterocycles. The third-order valence-electron chi connectivity index (χ3n) is 8.05. The number of unbranched alkanes of at least 4 members (excludes halogenated alkanes) is 10. The maximum atomic E-state index is 14.8. The van der Waals surface area contributed by atoms with Gasteiger partial charge < -0.3 is 4.74 Å². The Hall–Kier alpha value is -1.90. The maximum Gasteiger partial charge on any atom is 0.136 e. The minimum absolute atomic E-state index is 0.261. The normalized spacial score (nSPS) is 17.9. The molecule has 0 atom stereocenters. The van der Waals surface area contributed by atoms with Gasteiger partial charge in [0, 0.05) is 17.8 Å². The van der Waals surface area contributed by atoms with E-state index in [1.54, 1.807) is 6.07 Å². The number of hydrogen-bond donors (Lipinski definition) is 0. The van der Waals surface area contributed by atoms with Crippen LogP contribution in [0.4, 0.5) is 4.39 Å². The molecule has 1 fully saturated rings. The van der Waals surface area contributed by atoms with Gasteiger partial charge in [-0.15, -0.1) is 0 Å². The molecule has 0 bridgehead atoms. The molecule has 1 aliphatic carbocycles. The first-order valence-corrected chi connectivity index (χ1v) is 15.1. The van der Waals surface area contributed by atoms with Crippen LogP contribution in [-0.4, -0.2) is 11.6 Å². The molecule has 1 aromatic heterocycles. The van der Waals surface area contributed by atoms with Gasteiger partial charge in [0.25, 0.3) is 0 Å². The number of halogens is 1. The van der Waals surface area contributed by atoms with Crippen molar-refractivity contribution in [2.24, 2.45) is 5.92 Å². The number of hydrogen-bond acceptors (Lipinski definition) is 2. The second kappa shape index (κ2) is 16.8. The highest BCUT2D eigenvalue weighted by molar-refractivity contribution is 5.61. The number of benzene rings is 1. The zero-order valence-electron chi connectivity index (χ0n) is 23.1. The molecule has 0 radical (unpaired) electrons. The van der Waals surface area contributed by atoms with Gasteiger partial charge >= 0.3 is 0 Å². The minimum Gasteiger partial charge on any atom is -0.493 e. The van der Waals surface area contributed by atoms with Crippen molar-refractivity contribution in [3.8, 4) is 17.0 Å². The van der Waals surface area contributed by atoms with Crippen LogP contribution < -0.4 is 4.74 Å². The van der Waals surface area contributed by atoms with Crippen molar-refractivity contribution in [3.63, 3.8) is 0 Å². The molecule has 0 N–H and O–H groups in total. The SMILES string of the molecule is CCCCCCCCCC[C@H]1CC[C@H](c2ccc(-c3ccc(OCCCCCC)cc3F)nc2)CC1. The van der Waals surface area contributed by atoms with Crippen molar-refractivity contribution in [1.82, 2.24) is 4.98 Å². The number of rotatable bonds is 17. The van der Waals surface area contributed by atoms with Crippen molar-refractivity contribution in [2.45, 2.75) is 129 Å². The fourth-order valence-corrected chi connectivity index (χ4v) is 5.67. The topological polar surface area (TPSA) is 22.1 Å². The van der Waals surface area contributed by atoms with Crippen molar-refractivity contribution in [3.05, 3.63) is 47.9 Å². The minimum atomic E-state index is -0.261. The van der Waals surface area contributed by atoms with Crippen LogP contribution >= 0.6 is 0 Å². The lowest BCUT2D eigenvalue weighted by molar-refractivity contribution is 0.301. The van der Waals surface area contributed by atoms with Crippen LogP contribution in [0.25, 0.3) is 11.3 Å². The van der Waals surface area contributed by atoms with Crippen LogP contribution in [0.5, 0.6) is 5.75 Å². The van der Waals surface area contributed by atoms with E-state index in [0.717, 1.165) is 18.8 Å². The largest absolute Gasteiger partial charge is 0.493 e. The van der Waals surface area contributed by atoms with Gasteiger partial charge in [-0.1, -0.05) is 97.0 Å². The Balaban J connectivity index is 1.38. The molecule has 0 aliphatic heterocycles. The summed E-state index contributed by atoms with van der Waals surface area (Å²) in [6.07, 6.45) is 24.5. The van der Waals surface area contributed by atoms with Gasteiger partial charge in [-0.05, 0) is 67.7 Å². The summed E-state index contributed by atoms with van der Waals surface area (Å²) in [7, 11) is 0. The van der Waals surface area contributed by atoms with E-state index in [1.165, 1.54) is 108 Å². The fraction of sp³-hybridized carbons (Fsp3) is 0.667. The quantitative estimate of drug-likeness (QED) is 0.204. The second-order valence-corrected chi connectivity index (χ2v) is 11.0. The molecule has 2 aromatic rings. The zero-order valence-corrected chi connectivity index (χ0v) is 23.1. The highest BCUT2D eigenvalue weighted by Crippen LogP contribution is 2.38. The smallest absolute Gasteiger partial charge is 0.136 e.